The fourth-order valence-electron chi connectivity index (χ4n) is 3.22. The van der Waals surface area contributed by atoms with Gasteiger partial charge in [-0.3, -0.25) is 5.01 Å². The number of hydrogen-bond donors (Lipinski definition) is 2. The van der Waals surface area contributed by atoms with Crippen molar-refractivity contribution in [3.8, 4) is 0 Å². The lowest BCUT2D eigenvalue weighted by atomic mass is 10.0. The molecule has 1 aromatic carbocycles. The SMILES string of the molecule is COC(CN(C)C(=O)NC1CC(c2ccccc2)N(c2ccccn2)N1)OC. The highest BCUT2D eigenvalue weighted by molar-refractivity contribution is 5.74. The molecule has 1 aromatic heterocycles. The highest BCUT2D eigenvalue weighted by Gasteiger charge is 2.35. The van der Waals surface area contributed by atoms with Crippen LogP contribution < -0.4 is 15.8 Å². The van der Waals surface area contributed by atoms with E-state index in [0.717, 1.165) is 11.4 Å². The minimum Gasteiger partial charge on any atom is -0.354 e. The second-order valence-corrected chi connectivity index (χ2v) is 6.63. The Morgan fingerprint density at radius 2 is 1.96 bits per heavy atom. The first kappa shape index (κ1) is 20.1. The van der Waals surface area contributed by atoms with Gasteiger partial charge in [0, 0.05) is 33.9 Å². The van der Waals surface area contributed by atoms with Gasteiger partial charge in [0.2, 0.25) is 0 Å². The maximum Gasteiger partial charge on any atom is 0.318 e. The van der Waals surface area contributed by atoms with Gasteiger partial charge in [-0.15, -0.1) is 0 Å². The van der Waals surface area contributed by atoms with Crippen molar-refractivity contribution in [3.05, 3.63) is 60.3 Å². The van der Waals surface area contributed by atoms with E-state index >= 15 is 0 Å². The number of anilines is 1. The van der Waals surface area contributed by atoms with Crippen molar-refractivity contribution >= 4 is 11.8 Å². The lowest BCUT2D eigenvalue weighted by molar-refractivity contribution is -0.109. The Hall–Kier alpha value is -2.68. The van der Waals surface area contributed by atoms with Gasteiger partial charge in [0.1, 0.15) is 12.0 Å². The number of pyridine rings is 1. The van der Waals surface area contributed by atoms with E-state index in [1.54, 1.807) is 32.4 Å². The molecular weight excluding hydrogens is 358 g/mol. The number of nitrogens with one attached hydrogen (secondary N) is 2. The van der Waals surface area contributed by atoms with Gasteiger partial charge in [0.25, 0.3) is 0 Å². The van der Waals surface area contributed by atoms with E-state index in [0.29, 0.717) is 13.0 Å². The van der Waals surface area contributed by atoms with Crippen molar-refractivity contribution in [3.63, 3.8) is 0 Å². The molecule has 0 spiro atoms. The molecule has 2 heterocycles. The Balaban J connectivity index is 1.70. The first-order valence-electron chi connectivity index (χ1n) is 9.21. The Kier molecular flexibility index (Phi) is 6.80. The zero-order valence-electron chi connectivity index (χ0n) is 16.4. The summed E-state index contributed by atoms with van der Waals surface area (Å²) in [4.78, 5) is 18.6. The van der Waals surface area contributed by atoms with Crippen LogP contribution in [0.15, 0.2) is 54.7 Å². The first-order valence-corrected chi connectivity index (χ1v) is 9.21. The monoisotopic (exact) mass is 385 g/mol. The largest absolute Gasteiger partial charge is 0.354 e. The summed E-state index contributed by atoms with van der Waals surface area (Å²) in [6.07, 6.45) is 1.77. The van der Waals surface area contributed by atoms with E-state index in [-0.39, 0.29) is 18.2 Å². The average molecular weight is 385 g/mol. The molecule has 150 valence electrons. The van der Waals surface area contributed by atoms with Crippen LogP contribution in [0.25, 0.3) is 0 Å². The van der Waals surface area contributed by atoms with Crippen LogP contribution >= 0.6 is 0 Å². The molecule has 0 saturated carbocycles. The molecule has 0 radical (unpaired) electrons. The molecule has 28 heavy (non-hydrogen) atoms. The molecule has 8 nitrogen and oxygen atoms in total. The summed E-state index contributed by atoms with van der Waals surface area (Å²) in [6.45, 7) is 0.331. The molecule has 2 unspecified atom stereocenters. The van der Waals surface area contributed by atoms with E-state index in [4.69, 9.17) is 9.47 Å². The Bertz CT molecular complexity index is 695. The van der Waals surface area contributed by atoms with Gasteiger partial charge in [0.15, 0.2) is 6.29 Å². The summed E-state index contributed by atoms with van der Waals surface area (Å²) in [7, 11) is 4.81. The number of benzene rings is 1. The minimum absolute atomic E-state index is 0.0532. The van der Waals surface area contributed by atoms with Crippen molar-refractivity contribution in [2.45, 2.75) is 24.9 Å². The van der Waals surface area contributed by atoms with Gasteiger partial charge < -0.3 is 19.7 Å². The predicted octanol–water partition coefficient (Wildman–Crippen LogP) is 2.12. The number of urea groups is 1. The van der Waals surface area contributed by atoms with Crippen LogP contribution in [0, 0.1) is 0 Å². The number of nitrogens with zero attached hydrogens (tertiary/aromatic N) is 3. The summed E-state index contributed by atoms with van der Waals surface area (Å²) in [5.41, 5.74) is 4.53. The smallest absolute Gasteiger partial charge is 0.318 e. The maximum atomic E-state index is 12.6. The molecule has 1 aliphatic rings. The third kappa shape index (κ3) is 4.78. The lowest BCUT2D eigenvalue weighted by Crippen LogP contribution is -2.51. The van der Waals surface area contributed by atoms with Gasteiger partial charge in [-0.1, -0.05) is 36.4 Å². The molecule has 2 amide bonds. The molecule has 2 N–H and O–H groups in total. The third-order valence-corrected chi connectivity index (χ3v) is 4.74. The van der Waals surface area contributed by atoms with Gasteiger partial charge in [-0.05, 0) is 17.7 Å². The minimum atomic E-state index is -0.464. The normalized spacial score (nSPS) is 19.1. The number of rotatable bonds is 7. The van der Waals surface area contributed by atoms with Crippen LogP contribution in [0.5, 0.6) is 0 Å². The molecule has 0 bridgehead atoms. The number of hydrazine groups is 1. The summed E-state index contributed by atoms with van der Waals surface area (Å²) in [6, 6.07) is 15.8. The first-order chi connectivity index (χ1) is 13.6. The number of aromatic nitrogens is 1. The number of carbonyl (C=O) groups is 1. The van der Waals surface area contributed by atoms with Crippen LogP contribution in [0.1, 0.15) is 18.0 Å². The van der Waals surface area contributed by atoms with Crippen molar-refractivity contribution < 1.29 is 14.3 Å². The maximum absolute atomic E-state index is 12.6. The van der Waals surface area contributed by atoms with Crippen LogP contribution in [0.3, 0.4) is 0 Å². The molecule has 8 heteroatoms. The number of methoxy groups -OCH3 is 2. The summed E-state index contributed by atoms with van der Waals surface area (Å²) in [5, 5.41) is 5.03. The Morgan fingerprint density at radius 1 is 1.25 bits per heavy atom. The molecular formula is C20H27N5O3. The van der Waals surface area contributed by atoms with E-state index in [1.807, 2.05) is 41.4 Å². The number of hydrogen-bond acceptors (Lipinski definition) is 6. The number of ether oxygens (including phenoxy) is 2. The predicted molar refractivity (Wildman–Crippen MR) is 106 cm³/mol. The van der Waals surface area contributed by atoms with Crippen molar-refractivity contribution in [1.29, 1.82) is 0 Å². The molecule has 1 saturated heterocycles. The van der Waals surface area contributed by atoms with Crippen LogP contribution in [0.4, 0.5) is 10.6 Å². The zero-order chi connectivity index (χ0) is 19.9. The van der Waals surface area contributed by atoms with Crippen molar-refractivity contribution in [2.24, 2.45) is 0 Å². The summed E-state index contributed by atoms with van der Waals surface area (Å²) < 4.78 is 10.3. The lowest BCUT2D eigenvalue weighted by Gasteiger charge is -2.26. The Morgan fingerprint density at radius 3 is 2.61 bits per heavy atom. The van der Waals surface area contributed by atoms with E-state index in [2.05, 4.69) is 27.9 Å². The number of carbonyl (C=O) groups excluding carboxylic acids is 1. The second kappa shape index (κ2) is 9.50. The molecule has 3 rings (SSSR count). The van der Waals surface area contributed by atoms with Crippen LogP contribution in [-0.2, 0) is 9.47 Å². The molecule has 0 aliphatic carbocycles. The summed E-state index contributed by atoms with van der Waals surface area (Å²) >= 11 is 0. The summed E-state index contributed by atoms with van der Waals surface area (Å²) in [5.74, 6) is 0.806. The highest BCUT2D eigenvalue weighted by Crippen LogP contribution is 2.32. The van der Waals surface area contributed by atoms with E-state index < -0.39 is 6.29 Å². The Labute approximate surface area is 165 Å². The molecule has 1 aliphatic heterocycles. The standard InChI is InChI=1S/C20H27N5O3/c1-24(14-19(27-2)28-3)20(26)22-17-13-16(15-9-5-4-6-10-15)25(23-17)18-11-7-8-12-21-18/h4-12,16-17,19,23H,13-14H2,1-3H3,(H,22,26). The molecule has 1 fully saturated rings. The van der Waals surface area contributed by atoms with Crippen LogP contribution in [-0.4, -0.2) is 56.2 Å². The fraction of sp³-hybridized carbons (Fsp3) is 0.400. The van der Waals surface area contributed by atoms with Crippen molar-refractivity contribution in [1.82, 2.24) is 20.6 Å². The molecule has 2 atom stereocenters. The van der Waals surface area contributed by atoms with Gasteiger partial charge in [0.05, 0.1) is 12.6 Å². The van der Waals surface area contributed by atoms with Gasteiger partial charge in [-0.2, -0.15) is 0 Å². The van der Waals surface area contributed by atoms with E-state index in [9.17, 15) is 4.79 Å². The van der Waals surface area contributed by atoms with Gasteiger partial charge in [-0.25, -0.2) is 15.2 Å². The fourth-order valence-corrected chi connectivity index (χ4v) is 3.22. The van der Waals surface area contributed by atoms with Crippen LogP contribution in [0.2, 0.25) is 0 Å². The average Bonchev–Trinajstić information content (AvgIpc) is 3.16. The van der Waals surface area contributed by atoms with Crippen molar-refractivity contribution in [2.75, 3.05) is 32.8 Å². The van der Waals surface area contributed by atoms with E-state index in [1.165, 1.54) is 0 Å². The quantitative estimate of drug-likeness (QED) is 0.711. The third-order valence-electron chi connectivity index (χ3n) is 4.74. The topological polar surface area (TPSA) is 79.0 Å². The van der Waals surface area contributed by atoms with Gasteiger partial charge >= 0.3 is 6.03 Å². The number of amides is 2. The number of likely N-dealkylation sites (N-methyl/N-ethyl adjacent to an activating group) is 1. The zero-order valence-corrected chi connectivity index (χ0v) is 16.4. The highest BCUT2D eigenvalue weighted by atomic mass is 16.7. The second-order valence-electron chi connectivity index (χ2n) is 6.63. The molecule has 2 aromatic rings.